The van der Waals surface area contributed by atoms with Gasteiger partial charge in [0.1, 0.15) is 6.04 Å². The van der Waals surface area contributed by atoms with Crippen LogP contribution in [0.3, 0.4) is 0 Å². The molecule has 1 aliphatic rings. The molecule has 1 aliphatic heterocycles. The van der Waals surface area contributed by atoms with E-state index < -0.39 is 36.0 Å². The molecule has 0 aliphatic carbocycles. The van der Waals surface area contributed by atoms with Crippen molar-refractivity contribution in [3.05, 3.63) is 120 Å². The highest BCUT2D eigenvalue weighted by atomic mass is 16.7. The Balaban J connectivity index is 1.07. The Bertz CT molecular complexity index is 2010. The smallest absolute Gasteiger partial charge is 0.243 e. The number of aromatic nitrogens is 1. The number of ether oxygens (including phenoxy) is 2. The van der Waals surface area contributed by atoms with Gasteiger partial charge in [-0.05, 0) is 71.2 Å². The van der Waals surface area contributed by atoms with E-state index in [1.54, 1.807) is 0 Å². The van der Waals surface area contributed by atoms with Gasteiger partial charge >= 0.3 is 0 Å². The third-order valence-electron chi connectivity index (χ3n) is 9.67. The minimum Gasteiger partial charge on any atom is -0.454 e. The van der Waals surface area contributed by atoms with Crippen molar-refractivity contribution in [3.8, 4) is 22.6 Å². The number of aliphatic hydroxyl groups excluding tert-OH is 1. The lowest BCUT2D eigenvalue weighted by atomic mass is 9.97. The Kier molecular flexibility index (Phi) is 12.1. The zero-order valence-electron chi connectivity index (χ0n) is 30.0. The van der Waals surface area contributed by atoms with Gasteiger partial charge < -0.3 is 41.2 Å². The molecule has 4 atom stereocenters. The Morgan fingerprint density at radius 1 is 0.830 bits per heavy atom. The van der Waals surface area contributed by atoms with Crippen LogP contribution in [-0.4, -0.2) is 65.4 Å². The lowest BCUT2D eigenvalue weighted by Crippen LogP contribution is -2.57. The number of nitrogens with two attached hydrogens (primary N) is 1. The number of carbonyl (C=O) groups is 3. The fourth-order valence-corrected chi connectivity index (χ4v) is 6.61. The fraction of sp³-hybridized carbons (Fsp3) is 0.310. The van der Waals surface area contributed by atoms with Crippen molar-refractivity contribution in [1.82, 2.24) is 20.9 Å². The molecule has 4 aromatic carbocycles. The molecule has 11 heteroatoms. The lowest BCUT2D eigenvalue weighted by Gasteiger charge is -2.29. The molecule has 11 nitrogen and oxygen atoms in total. The molecule has 0 fully saturated rings. The number of fused-ring (bicyclic) bond motifs is 2. The van der Waals surface area contributed by atoms with Gasteiger partial charge in [-0.3, -0.25) is 14.4 Å². The highest BCUT2D eigenvalue weighted by Gasteiger charge is 2.30. The molecule has 53 heavy (non-hydrogen) atoms. The topological polar surface area (TPSA) is 168 Å². The molecule has 0 radical (unpaired) electrons. The summed E-state index contributed by atoms with van der Waals surface area (Å²) in [5, 5.41) is 21.6. The summed E-state index contributed by atoms with van der Waals surface area (Å²) in [6, 6.07) is 28.7. The van der Waals surface area contributed by atoms with Gasteiger partial charge in [0.25, 0.3) is 0 Å². The summed E-state index contributed by atoms with van der Waals surface area (Å²) in [6.45, 7) is 3.93. The normalized spacial score (nSPS) is 14.4. The Hall–Kier alpha value is -5.65. The van der Waals surface area contributed by atoms with Crippen LogP contribution in [0.1, 0.15) is 37.0 Å². The fourth-order valence-electron chi connectivity index (χ4n) is 6.61. The quantitative estimate of drug-likeness (QED) is 0.0829. The first-order valence-electron chi connectivity index (χ1n) is 18.0. The molecule has 0 bridgehead atoms. The van der Waals surface area contributed by atoms with E-state index in [9.17, 15) is 19.5 Å². The van der Waals surface area contributed by atoms with E-state index >= 15 is 0 Å². The third kappa shape index (κ3) is 9.62. The molecule has 0 saturated carbocycles. The minimum absolute atomic E-state index is 0.00993. The van der Waals surface area contributed by atoms with Gasteiger partial charge in [0.15, 0.2) is 11.5 Å². The van der Waals surface area contributed by atoms with Crippen molar-refractivity contribution in [2.24, 2.45) is 11.7 Å². The highest BCUT2D eigenvalue weighted by Crippen LogP contribution is 2.36. The van der Waals surface area contributed by atoms with Gasteiger partial charge in [-0.25, -0.2) is 0 Å². The summed E-state index contributed by atoms with van der Waals surface area (Å²) in [7, 11) is 0. The van der Waals surface area contributed by atoms with Crippen molar-refractivity contribution < 1.29 is 29.0 Å². The van der Waals surface area contributed by atoms with Gasteiger partial charge in [0, 0.05) is 30.1 Å². The summed E-state index contributed by atoms with van der Waals surface area (Å²) in [5.41, 5.74) is 11.6. The summed E-state index contributed by atoms with van der Waals surface area (Å²) >= 11 is 0. The van der Waals surface area contributed by atoms with Crippen LogP contribution >= 0.6 is 0 Å². The molecule has 2 heterocycles. The second-order valence-corrected chi connectivity index (χ2v) is 13.9. The Morgan fingerprint density at radius 2 is 1.53 bits per heavy atom. The van der Waals surface area contributed by atoms with E-state index in [1.807, 2.05) is 117 Å². The summed E-state index contributed by atoms with van der Waals surface area (Å²) in [5.74, 6) is 0.0137. The predicted molar refractivity (Wildman–Crippen MR) is 204 cm³/mol. The number of primary amides is 1. The van der Waals surface area contributed by atoms with Gasteiger partial charge in [0.2, 0.25) is 24.5 Å². The molecule has 0 saturated heterocycles. The van der Waals surface area contributed by atoms with Crippen LogP contribution in [0.25, 0.3) is 22.0 Å². The molecule has 7 N–H and O–H groups in total. The molecule has 0 spiro atoms. The number of hydrogen-bond donors (Lipinski definition) is 6. The van der Waals surface area contributed by atoms with E-state index in [0.29, 0.717) is 30.8 Å². The number of para-hydroxylation sites is 1. The summed E-state index contributed by atoms with van der Waals surface area (Å²) in [6.07, 6.45) is 2.20. The van der Waals surface area contributed by atoms with Crippen LogP contribution in [0.15, 0.2) is 103 Å². The largest absolute Gasteiger partial charge is 0.454 e. The van der Waals surface area contributed by atoms with Crippen LogP contribution in [-0.2, 0) is 33.6 Å². The Labute approximate surface area is 309 Å². The molecule has 276 valence electrons. The average Bonchev–Trinajstić information content (AvgIpc) is 3.81. The van der Waals surface area contributed by atoms with E-state index in [-0.39, 0.29) is 31.6 Å². The van der Waals surface area contributed by atoms with Crippen molar-refractivity contribution in [2.45, 2.75) is 63.8 Å². The molecular formula is C42H47N5O6. The van der Waals surface area contributed by atoms with E-state index in [4.69, 9.17) is 15.2 Å². The van der Waals surface area contributed by atoms with Crippen LogP contribution in [0.5, 0.6) is 11.5 Å². The zero-order valence-corrected chi connectivity index (χ0v) is 30.0. The standard InChI is InChI=1S/C42H47N5O6/c1-26(2)40(47-39(49)19-17-31-23-44-33-11-7-6-10-32(31)33)42(51)46-34(20-27-8-4-3-5-9-27)36(48)24-45-35(41(43)50)21-28-12-14-29(15-13-28)30-16-18-37-38(22-30)53-25-52-37/h3-16,18,22-23,26,34-36,40,44-45,48H,17,19-21,24-25H2,1-2H3,(H2,43,50)(H,46,51)(H,47,49)/t34-,35-,36-,40-/m0/s1. The number of rotatable bonds is 17. The number of H-pyrrole nitrogens is 1. The second kappa shape index (κ2) is 17.2. The summed E-state index contributed by atoms with van der Waals surface area (Å²) in [4.78, 5) is 42.7. The van der Waals surface area contributed by atoms with Crippen molar-refractivity contribution in [2.75, 3.05) is 13.3 Å². The maximum atomic E-state index is 13.8. The first-order chi connectivity index (χ1) is 25.6. The lowest BCUT2D eigenvalue weighted by molar-refractivity contribution is -0.131. The highest BCUT2D eigenvalue weighted by molar-refractivity contribution is 5.89. The van der Waals surface area contributed by atoms with Gasteiger partial charge in [0.05, 0.1) is 18.2 Å². The monoisotopic (exact) mass is 717 g/mol. The maximum absolute atomic E-state index is 13.8. The summed E-state index contributed by atoms with van der Waals surface area (Å²) < 4.78 is 10.9. The predicted octanol–water partition coefficient (Wildman–Crippen LogP) is 4.41. The van der Waals surface area contributed by atoms with Crippen LogP contribution in [0.2, 0.25) is 0 Å². The zero-order chi connectivity index (χ0) is 37.3. The van der Waals surface area contributed by atoms with Crippen LogP contribution in [0.4, 0.5) is 0 Å². The van der Waals surface area contributed by atoms with E-state index in [1.165, 1.54) is 0 Å². The number of hydrogen-bond acceptors (Lipinski definition) is 7. The number of benzene rings is 4. The van der Waals surface area contributed by atoms with Gasteiger partial charge in [-0.15, -0.1) is 0 Å². The number of nitrogens with one attached hydrogen (secondary N) is 4. The maximum Gasteiger partial charge on any atom is 0.243 e. The third-order valence-corrected chi connectivity index (χ3v) is 9.67. The first kappa shape index (κ1) is 37.1. The van der Waals surface area contributed by atoms with Crippen molar-refractivity contribution in [3.63, 3.8) is 0 Å². The van der Waals surface area contributed by atoms with E-state index in [0.717, 1.165) is 38.7 Å². The first-order valence-corrected chi connectivity index (χ1v) is 18.0. The van der Waals surface area contributed by atoms with E-state index in [2.05, 4.69) is 20.9 Å². The number of aliphatic hydroxyl groups is 1. The van der Waals surface area contributed by atoms with Crippen molar-refractivity contribution in [1.29, 1.82) is 0 Å². The molecule has 5 aromatic rings. The Morgan fingerprint density at radius 3 is 2.28 bits per heavy atom. The molecule has 6 rings (SSSR count). The number of carbonyl (C=O) groups excluding carboxylic acids is 3. The average molecular weight is 718 g/mol. The number of aryl methyl sites for hydroxylation is 1. The second-order valence-electron chi connectivity index (χ2n) is 13.9. The molecule has 3 amide bonds. The SMILES string of the molecule is CC(C)[C@H](NC(=O)CCc1c[nH]c2ccccc12)C(=O)N[C@@H](Cc1ccccc1)[C@@H](O)CN[C@@H](Cc1ccc(-c2ccc3c(c2)OCO3)cc1)C(N)=O. The molecule has 1 aromatic heterocycles. The van der Waals surface area contributed by atoms with Crippen LogP contribution in [0, 0.1) is 5.92 Å². The number of aromatic amines is 1. The molecular weight excluding hydrogens is 670 g/mol. The van der Waals surface area contributed by atoms with Crippen molar-refractivity contribution >= 4 is 28.6 Å². The minimum atomic E-state index is -1.08. The van der Waals surface area contributed by atoms with Crippen LogP contribution < -0.4 is 31.2 Å². The molecule has 0 unspecified atom stereocenters. The van der Waals surface area contributed by atoms with Gasteiger partial charge in [-0.1, -0.05) is 92.7 Å². The number of amides is 3. The van der Waals surface area contributed by atoms with Gasteiger partial charge in [-0.2, -0.15) is 0 Å².